The Hall–Kier alpha value is -1.43. The summed E-state index contributed by atoms with van der Waals surface area (Å²) < 4.78 is 0. The maximum atomic E-state index is 11.7. The Labute approximate surface area is 132 Å². The number of carbonyl (C=O) groups is 1. The van der Waals surface area contributed by atoms with Crippen molar-refractivity contribution >= 4 is 5.91 Å². The van der Waals surface area contributed by atoms with E-state index in [0.29, 0.717) is 19.5 Å². The van der Waals surface area contributed by atoms with Gasteiger partial charge in [-0.15, -0.1) is 0 Å². The fraction of sp³-hybridized carbons (Fsp3) is 0.588. The first-order valence-electron chi connectivity index (χ1n) is 8.13. The van der Waals surface area contributed by atoms with E-state index < -0.39 is 0 Å². The first-order chi connectivity index (χ1) is 10.7. The fourth-order valence-electron chi connectivity index (χ4n) is 2.75. The number of hydrogen-bond donors (Lipinski definition) is 3. The summed E-state index contributed by atoms with van der Waals surface area (Å²) in [4.78, 5) is 14.1. The molecule has 5 nitrogen and oxygen atoms in total. The number of nitrogens with zero attached hydrogens (tertiary/aromatic N) is 1. The predicted molar refractivity (Wildman–Crippen MR) is 87.1 cm³/mol. The molecule has 2 rings (SSSR count). The van der Waals surface area contributed by atoms with E-state index in [4.69, 9.17) is 5.73 Å². The second kappa shape index (κ2) is 8.88. The first-order valence-corrected chi connectivity index (χ1v) is 8.13. The quantitative estimate of drug-likeness (QED) is 0.702. The second-order valence-electron chi connectivity index (χ2n) is 5.94. The van der Waals surface area contributed by atoms with Crippen molar-refractivity contribution in [1.29, 1.82) is 0 Å². The molecule has 5 heteroatoms. The third-order valence-corrected chi connectivity index (χ3v) is 4.15. The Balaban J connectivity index is 1.88. The smallest absolute Gasteiger partial charge is 0.220 e. The highest BCUT2D eigenvalue weighted by atomic mass is 16.3. The lowest BCUT2D eigenvalue weighted by atomic mass is 10.0. The van der Waals surface area contributed by atoms with Crippen LogP contribution in [0.4, 0.5) is 0 Å². The average molecular weight is 305 g/mol. The van der Waals surface area contributed by atoms with Crippen LogP contribution in [0.25, 0.3) is 0 Å². The van der Waals surface area contributed by atoms with Gasteiger partial charge >= 0.3 is 0 Å². The van der Waals surface area contributed by atoms with Gasteiger partial charge in [0.1, 0.15) is 0 Å². The molecule has 1 saturated heterocycles. The summed E-state index contributed by atoms with van der Waals surface area (Å²) in [5.74, 6) is 0.0568. The summed E-state index contributed by atoms with van der Waals surface area (Å²) in [6, 6.07) is 8.22. The minimum Gasteiger partial charge on any atom is -0.393 e. The highest BCUT2D eigenvalue weighted by Gasteiger charge is 2.17. The summed E-state index contributed by atoms with van der Waals surface area (Å²) in [5.41, 5.74) is 7.83. The van der Waals surface area contributed by atoms with Crippen LogP contribution in [0.2, 0.25) is 0 Å². The SMILES string of the molecule is NCCCC(=O)NCc1ccccc1CN1CCC(O)CC1. The molecule has 0 radical (unpaired) electrons. The van der Waals surface area contributed by atoms with Crippen molar-refractivity contribution in [3.63, 3.8) is 0 Å². The molecule has 1 aromatic carbocycles. The van der Waals surface area contributed by atoms with Crippen molar-refractivity contribution in [3.05, 3.63) is 35.4 Å². The highest BCUT2D eigenvalue weighted by molar-refractivity contribution is 5.75. The minimum atomic E-state index is -0.145. The van der Waals surface area contributed by atoms with Gasteiger partial charge < -0.3 is 16.2 Å². The van der Waals surface area contributed by atoms with Gasteiger partial charge in [0.25, 0.3) is 0 Å². The average Bonchev–Trinajstić information content (AvgIpc) is 2.54. The monoisotopic (exact) mass is 305 g/mol. The number of likely N-dealkylation sites (tertiary alicyclic amines) is 1. The molecule has 0 atom stereocenters. The van der Waals surface area contributed by atoms with Crippen molar-refractivity contribution in [2.45, 2.75) is 44.9 Å². The minimum absolute atomic E-state index is 0.0568. The molecule has 0 spiro atoms. The molecule has 122 valence electrons. The molecule has 0 unspecified atom stereocenters. The molecule has 1 aromatic rings. The van der Waals surface area contributed by atoms with Crippen molar-refractivity contribution in [2.24, 2.45) is 5.73 Å². The first kappa shape index (κ1) is 16.9. The zero-order chi connectivity index (χ0) is 15.8. The predicted octanol–water partition coefficient (Wildman–Crippen LogP) is 0.998. The third-order valence-electron chi connectivity index (χ3n) is 4.15. The van der Waals surface area contributed by atoms with Crippen molar-refractivity contribution in [3.8, 4) is 0 Å². The normalized spacial score (nSPS) is 16.6. The van der Waals surface area contributed by atoms with E-state index in [1.54, 1.807) is 0 Å². The Morgan fingerprint density at radius 1 is 1.27 bits per heavy atom. The molecule has 22 heavy (non-hydrogen) atoms. The largest absolute Gasteiger partial charge is 0.393 e. The van der Waals surface area contributed by atoms with Crippen LogP contribution >= 0.6 is 0 Å². The lowest BCUT2D eigenvalue weighted by Crippen LogP contribution is -2.35. The van der Waals surface area contributed by atoms with Crippen molar-refractivity contribution in [1.82, 2.24) is 10.2 Å². The number of nitrogens with one attached hydrogen (secondary N) is 1. The summed E-state index contributed by atoms with van der Waals surface area (Å²) in [5, 5.41) is 12.5. The molecular weight excluding hydrogens is 278 g/mol. The number of benzene rings is 1. The number of amides is 1. The summed E-state index contributed by atoms with van der Waals surface area (Å²) >= 11 is 0. The van der Waals surface area contributed by atoms with Gasteiger partial charge in [0.05, 0.1) is 6.10 Å². The molecule has 1 aliphatic rings. The Kier molecular flexibility index (Phi) is 6.83. The number of piperidine rings is 1. The van der Waals surface area contributed by atoms with Gasteiger partial charge in [-0.1, -0.05) is 24.3 Å². The van der Waals surface area contributed by atoms with Gasteiger partial charge in [0.15, 0.2) is 0 Å². The number of rotatable bonds is 7. The van der Waals surface area contributed by atoms with Gasteiger partial charge in [0.2, 0.25) is 5.91 Å². The van der Waals surface area contributed by atoms with Gasteiger partial charge in [-0.2, -0.15) is 0 Å². The lowest BCUT2D eigenvalue weighted by molar-refractivity contribution is -0.121. The third kappa shape index (κ3) is 5.40. The van der Waals surface area contributed by atoms with Crippen molar-refractivity contribution < 1.29 is 9.90 Å². The molecule has 4 N–H and O–H groups in total. The van der Waals surface area contributed by atoms with E-state index in [2.05, 4.69) is 22.3 Å². The van der Waals surface area contributed by atoms with Crippen LogP contribution in [0.15, 0.2) is 24.3 Å². The summed E-state index contributed by atoms with van der Waals surface area (Å²) in [6.45, 7) is 3.85. The van der Waals surface area contributed by atoms with Crippen LogP contribution in [0, 0.1) is 0 Å². The number of carbonyl (C=O) groups excluding carboxylic acids is 1. The molecule has 1 heterocycles. The summed E-state index contributed by atoms with van der Waals surface area (Å²) in [6.07, 6.45) is 2.76. The highest BCUT2D eigenvalue weighted by Crippen LogP contribution is 2.16. The Bertz CT molecular complexity index is 471. The molecule has 1 aliphatic heterocycles. The standard InChI is InChI=1S/C17H27N3O2/c18-9-3-6-17(22)19-12-14-4-1-2-5-15(14)13-20-10-7-16(21)8-11-20/h1-2,4-5,16,21H,3,6-13,18H2,(H,19,22). The molecule has 0 aliphatic carbocycles. The molecule has 0 saturated carbocycles. The van der Waals surface area contributed by atoms with E-state index in [9.17, 15) is 9.90 Å². The zero-order valence-electron chi connectivity index (χ0n) is 13.1. The van der Waals surface area contributed by atoms with Gasteiger partial charge in [-0.3, -0.25) is 9.69 Å². The number of nitrogens with two attached hydrogens (primary N) is 1. The van der Waals surface area contributed by atoms with E-state index in [1.807, 2.05) is 12.1 Å². The number of hydrogen-bond acceptors (Lipinski definition) is 4. The Morgan fingerprint density at radius 2 is 1.95 bits per heavy atom. The number of aliphatic hydroxyl groups excluding tert-OH is 1. The van der Waals surface area contributed by atoms with Crippen LogP contribution in [0.1, 0.15) is 36.8 Å². The second-order valence-corrected chi connectivity index (χ2v) is 5.94. The summed E-state index contributed by atoms with van der Waals surface area (Å²) in [7, 11) is 0. The van der Waals surface area contributed by atoms with Crippen LogP contribution in [-0.4, -0.2) is 41.7 Å². The molecule has 0 bridgehead atoms. The maximum absolute atomic E-state index is 11.7. The molecule has 1 amide bonds. The van der Waals surface area contributed by atoms with E-state index >= 15 is 0 Å². The molecule has 0 aromatic heterocycles. The van der Waals surface area contributed by atoms with Crippen LogP contribution in [0.5, 0.6) is 0 Å². The molecule has 1 fully saturated rings. The molecular formula is C17H27N3O2. The van der Waals surface area contributed by atoms with Crippen LogP contribution in [0.3, 0.4) is 0 Å². The van der Waals surface area contributed by atoms with Crippen LogP contribution < -0.4 is 11.1 Å². The van der Waals surface area contributed by atoms with Crippen LogP contribution in [-0.2, 0) is 17.9 Å². The van der Waals surface area contributed by atoms with E-state index in [0.717, 1.165) is 44.5 Å². The van der Waals surface area contributed by atoms with E-state index in [-0.39, 0.29) is 12.0 Å². The van der Waals surface area contributed by atoms with E-state index in [1.165, 1.54) is 5.56 Å². The zero-order valence-corrected chi connectivity index (χ0v) is 13.1. The van der Waals surface area contributed by atoms with Gasteiger partial charge in [-0.25, -0.2) is 0 Å². The Morgan fingerprint density at radius 3 is 2.64 bits per heavy atom. The van der Waals surface area contributed by atoms with Gasteiger partial charge in [-0.05, 0) is 36.9 Å². The lowest BCUT2D eigenvalue weighted by Gasteiger charge is -2.30. The topological polar surface area (TPSA) is 78.6 Å². The number of aliphatic hydroxyl groups is 1. The van der Waals surface area contributed by atoms with Gasteiger partial charge in [0, 0.05) is 32.6 Å². The fourth-order valence-corrected chi connectivity index (χ4v) is 2.75. The maximum Gasteiger partial charge on any atom is 0.220 e. The van der Waals surface area contributed by atoms with Crippen molar-refractivity contribution in [2.75, 3.05) is 19.6 Å².